The zero-order valence-corrected chi connectivity index (χ0v) is 18.1. The molecule has 10 heteroatoms. The van der Waals surface area contributed by atoms with Gasteiger partial charge in [-0.3, -0.25) is 4.57 Å². The van der Waals surface area contributed by atoms with Crippen LogP contribution in [0.3, 0.4) is 0 Å². The minimum Gasteiger partial charge on any atom is -0.378 e. The van der Waals surface area contributed by atoms with Crippen LogP contribution in [0.15, 0.2) is 12.4 Å². The SMILES string of the molecule is CC(C)Nc1nc2c(-c3cnc(N)nc3)nc(N3CCOCC3)nc2n1C1CCCC1. The van der Waals surface area contributed by atoms with Gasteiger partial charge in [-0.15, -0.1) is 0 Å². The number of anilines is 3. The Hall–Kier alpha value is -3.01. The Balaban J connectivity index is 1.73. The summed E-state index contributed by atoms with van der Waals surface area (Å²) >= 11 is 0. The first-order valence-corrected chi connectivity index (χ1v) is 11.1. The molecule has 0 radical (unpaired) electrons. The van der Waals surface area contributed by atoms with E-state index in [0.717, 1.165) is 54.3 Å². The Kier molecular flexibility index (Phi) is 5.31. The molecule has 3 aromatic heterocycles. The van der Waals surface area contributed by atoms with Gasteiger partial charge in [0.15, 0.2) is 5.65 Å². The third-order valence-electron chi connectivity index (χ3n) is 5.87. The van der Waals surface area contributed by atoms with Crippen LogP contribution >= 0.6 is 0 Å². The number of rotatable bonds is 5. The molecule has 4 heterocycles. The van der Waals surface area contributed by atoms with Crippen LogP contribution in [0.4, 0.5) is 17.8 Å². The van der Waals surface area contributed by atoms with Gasteiger partial charge < -0.3 is 20.7 Å². The highest BCUT2D eigenvalue weighted by Crippen LogP contribution is 2.37. The number of hydrogen-bond donors (Lipinski definition) is 2. The summed E-state index contributed by atoms with van der Waals surface area (Å²) < 4.78 is 7.82. The molecule has 1 saturated heterocycles. The Bertz CT molecular complexity index is 1050. The van der Waals surface area contributed by atoms with Crippen LogP contribution in [-0.2, 0) is 4.74 Å². The molecule has 1 aliphatic heterocycles. The van der Waals surface area contributed by atoms with E-state index in [1.807, 2.05) is 0 Å². The minimum absolute atomic E-state index is 0.237. The van der Waals surface area contributed by atoms with E-state index < -0.39 is 0 Å². The average Bonchev–Trinajstić information content (AvgIpc) is 3.41. The van der Waals surface area contributed by atoms with E-state index in [2.05, 4.69) is 38.6 Å². The van der Waals surface area contributed by atoms with Crippen molar-refractivity contribution >= 4 is 29.0 Å². The highest BCUT2D eigenvalue weighted by atomic mass is 16.5. The summed E-state index contributed by atoms with van der Waals surface area (Å²) in [5.74, 6) is 1.78. The first kappa shape index (κ1) is 19.9. The molecule has 3 aromatic rings. The number of nitrogens with zero attached hydrogens (tertiary/aromatic N) is 7. The third kappa shape index (κ3) is 3.87. The van der Waals surface area contributed by atoms with Crippen LogP contribution in [-0.4, -0.2) is 61.8 Å². The summed E-state index contributed by atoms with van der Waals surface area (Å²) in [5, 5.41) is 3.53. The number of aromatic nitrogens is 6. The number of fused-ring (bicyclic) bond motifs is 1. The van der Waals surface area contributed by atoms with Crippen molar-refractivity contribution in [3.05, 3.63) is 12.4 Å². The van der Waals surface area contributed by atoms with E-state index in [-0.39, 0.29) is 12.0 Å². The lowest BCUT2D eigenvalue weighted by Gasteiger charge is -2.27. The summed E-state index contributed by atoms with van der Waals surface area (Å²) in [6.07, 6.45) is 8.14. The number of ether oxygens (including phenoxy) is 1. The van der Waals surface area contributed by atoms with Gasteiger partial charge in [-0.25, -0.2) is 19.9 Å². The van der Waals surface area contributed by atoms with Gasteiger partial charge in [0.2, 0.25) is 17.8 Å². The molecule has 2 fully saturated rings. The molecular weight excluding hydrogens is 394 g/mol. The molecule has 31 heavy (non-hydrogen) atoms. The molecule has 164 valence electrons. The molecule has 0 bridgehead atoms. The first-order chi connectivity index (χ1) is 15.1. The largest absolute Gasteiger partial charge is 0.378 e. The lowest BCUT2D eigenvalue weighted by atomic mass is 10.2. The van der Waals surface area contributed by atoms with E-state index >= 15 is 0 Å². The number of hydrogen-bond acceptors (Lipinski definition) is 9. The van der Waals surface area contributed by atoms with Crippen molar-refractivity contribution in [2.24, 2.45) is 0 Å². The van der Waals surface area contributed by atoms with Crippen LogP contribution in [0, 0.1) is 0 Å². The number of imidazole rings is 1. The Morgan fingerprint density at radius 2 is 1.77 bits per heavy atom. The van der Waals surface area contributed by atoms with Crippen molar-refractivity contribution in [3.63, 3.8) is 0 Å². The maximum absolute atomic E-state index is 5.72. The first-order valence-electron chi connectivity index (χ1n) is 11.1. The maximum atomic E-state index is 5.72. The molecule has 1 aliphatic carbocycles. The standard InChI is InChI=1S/C21H29N9O/c1-13(2)25-21-27-17-16(14-11-23-19(22)24-12-14)26-20(29-7-9-31-10-8-29)28-18(17)30(21)15-5-3-4-6-15/h11-13,15H,3-10H2,1-2H3,(H,25,27)(H2,22,23,24). The van der Waals surface area contributed by atoms with E-state index in [1.54, 1.807) is 12.4 Å². The topological polar surface area (TPSA) is 120 Å². The van der Waals surface area contributed by atoms with Crippen molar-refractivity contribution in [2.45, 2.75) is 51.6 Å². The van der Waals surface area contributed by atoms with E-state index in [1.165, 1.54) is 12.8 Å². The normalized spacial score (nSPS) is 17.7. The van der Waals surface area contributed by atoms with Gasteiger partial charge in [0, 0.05) is 43.1 Å². The summed E-state index contributed by atoms with van der Waals surface area (Å²) in [4.78, 5) is 25.5. The minimum atomic E-state index is 0.237. The molecular formula is C21H29N9O. The van der Waals surface area contributed by atoms with Gasteiger partial charge >= 0.3 is 0 Å². The second-order valence-electron chi connectivity index (χ2n) is 8.52. The van der Waals surface area contributed by atoms with Gasteiger partial charge in [-0.05, 0) is 26.7 Å². The van der Waals surface area contributed by atoms with Gasteiger partial charge in [0.25, 0.3) is 0 Å². The molecule has 0 aromatic carbocycles. The zero-order chi connectivity index (χ0) is 21.4. The molecule has 0 spiro atoms. The van der Waals surface area contributed by atoms with Crippen molar-refractivity contribution in [1.29, 1.82) is 0 Å². The second kappa shape index (κ2) is 8.26. The summed E-state index contributed by atoms with van der Waals surface area (Å²) in [5.41, 5.74) is 8.86. The van der Waals surface area contributed by atoms with Crippen LogP contribution < -0.4 is 16.0 Å². The van der Waals surface area contributed by atoms with Gasteiger partial charge in [0.05, 0.1) is 13.2 Å². The van der Waals surface area contributed by atoms with Crippen LogP contribution in [0.1, 0.15) is 45.6 Å². The smallest absolute Gasteiger partial charge is 0.228 e. The average molecular weight is 424 g/mol. The van der Waals surface area contributed by atoms with Gasteiger partial charge in [-0.2, -0.15) is 4.98 Å². The van der Waals surface area contributed by atoms with Crippen LogP contribution in [0.5, 0.6) is 0 Å². The molecule has 0 atom stereocenters. The van der Waals surface area contributed by atoms with Crippen molar-refractivity contribution in [1.82, 2.24) is 29.5 Å². The Morgan fingerprint density at radius 3 is 2.45 bits per heavy atom. The van der Waals surface area contributed by atoms with Crippen molar-refractivity contribution in [2.75, 3.05) is 42.3 Å². The quantitative estimate of drug-likeness (QED) is 0.638. The fraction of sp³-hybridized carbons (Fsp3) is 0.571. The fourth-order valence-electron chi connectivity index (χ4n) is 4.40. The predicted octanol–water partition coefficient (Wildman–Crippen LogP) is 2.64. The molecule has 10 nitrogen and oxygen atoms in total. The van der Waals surface area contributed by atoms with Crippen molar-refractivity contribution < 1.29 is 4.74 Å². The molecule has 0 amide bonds. The highest BCUT2D eigenvalue weighted by molar-refractivity contribution is 5.90. The molecule has 3 N–H and O–H groups in total. The summed E-state index contributed by atoms with van der Waals surface area (Å²) in [6.45, 7) is 7.11. The van der Waals surface area contributed by atoms with Gasteiger partial charge in [-0.1, -0.05) is 12.8 Å². The number of nitrogens with one attached hydrogen (secondary N) is 1. The highest BCUT2D eigenvalue weighted by Gasteiger charge is 2.28. The summed E-state index contributed by atoms with van der Waals surface area (Å²) in [6, 6.07) is 0.640. The number of morpholine rings is 1. The van der Waals surface area contributed by atoms with Crippen LogP contribution in [0.2, 0.25) is 0 Å². The zero-order valence-electron chi connectivity index (χ0n) is 18.1. The fourth-order valence-corrected chi connectivity index (χ4v) is 4.40. The van der Waals surface area contributed by atoms with Gasteiger partial charge in [0.1, 0.15) is 11.2 Å². The molecule has 5 rings (SSSR count). The Labute approximate surface area is 181 Å². The Morgan fingerprint density at radius 1 is 1.06 bits per heavy atom. The lowest BCUT2D eigenvalue weighted by molar-refractivity contribution is 0.122. The molecule has 2 aliphatic rings. The van der Waals surface area contributed by atoms with E-state index in [9.17, 15) is 0 Å². The molecule has 1 saturated carbocycles. The summed E-state index contributed by atoms with van der Waals surface area (Å²) in [7, 11) is 0. The second-order valence-corrected chi connectivity index (χ2v) is 8.52. The number of nitrogen functional groups attached to an aromatic ring is 1. The number of nitrogens with two attached hydrogens (primary N) is 1. The predicted molar refractivity (Wildman–Crippen MR) is 120 cm³/mol. The lowest BCUT2D eigenvalue weighted by Crippen LogP contribution is -2.37. The maximum Gasteiger partial charge on any atom is 0.228 e. The van der Waals surface area contributed by atoms with E-state index in [0.29, 0.717) is 25.2 Å². The monoisotopic (exact) mass is 423 g/mol. The third-order valence-corrected chi connectivity index (χ3v) is 5.87. The van der Waals surface area contributed by atoms with Crippen LogP contribution in [0.25, 0.3) is 22.4 Å². The van der Waals surface area contributed by atoms with E-state index in [4.69, 9.17) is 25.4 Å². The molecule has 0 unspecified atom stereocenters. The van der Waals surface area contributed by atoms with Crippen molar-refractivity contribution in [3.8, 4) is 11.3 Å².